The lowest BCUT2D eigenvalue weighted by Gasteiger charge is -2.08. The SMILES string of the molecule is NNc1nc(C(=O)NCc2ccco2)cc2ccccc12. The van der Waals surface area contributed by atoms with Crippen LogP contribution in [0.5, 0.6) is 0 Å². The predicted octanol–water partition coefficient (Wildman–Crippen LogP) is 2.04. The van der Waals surface area contributed by atoms with Gasteiger partial charge in [0.2, 0.25) is 0 Å². The molecule has 3 rings (SSSR count). The highest BCUT2D eigenvalue weighted by Gasteiger charge is 2.11. The van der Waals surface area contributed by atoms with E-state index in [9.17, 15) is 4.79 Å². The summed E-state index contributed by atoms with van der Waals surface area (Å²) in [6.45, 7) is 0.311. The summed E-state index contributed by atoms with van der Waals surface area (Å²) in [4.78, 5) is 16.4. The molecule has 2 heterocycles. The molecule has 106 valence electrons. The van der Waals surface area contributed by atoms with Crippen LogP contribution in [0.2, 0.25) is 0 Å². The van der Waals surface area contributed by atoms with Crippen LogP contribution in [0.3, 0.4) is 0 Å². The maximum absolute atomic E-state index is 12.2. The molecule has 0 aliphatic heterocycles. The molecule has 4 N–H and O–H groups in total. The first kappa shape index (κ1) is 13.1. The Morgan fingerprint density at radius 1 is 1.24 bits per heavy atom. The lowest BCUT2D eigenvalue weighted by atomic mass is 10.1. The number of aromatic nitrogens is 1. The monoisotopic (exact) mass is 282 g/mol. The molecule has 1 aromatic carbocycles. The van der Waals surface area contributed by atoms with Gasteiger partial charge in [-0.1, -0.05) is 24.3 Å². The molecule has 0 saturated heterocycles. The van der Waals surface area contributed by atoms with Crippen molar-refractivity contribution >= 4 is 22.5 Å². The van der Waals surface area contributed by atoms with E-state index in [0.29, 0.717) is 23.8 Å². The molecule has 0 spiro atoms. The summed E-state index contributed by atoms with van der Waals surface area (Å²) >= 11 is 0. The molecule has 0 saturated carbocycles. The zero-order valence-electron chi connectivity index (χ0n) is 11.2. The lowest BCUT2D eigenvalue weighted by Crippen LogP contribution is -2.24. The highest BCUT2D eigenvalue weighted by Crippen LogP contribution is 2.21. The molecule has 0 fully saturated rings. The van der Waals surface area contributed by atoms with Crippen LogP contribution in [-0.4, -0.2) is 10.9 Å². The van der Waals surface area contributed by atoms with Gasteiger partial charge in [-0.2, -0.15) is 0 Å². The minimum absolute atomic E-state index is 0.284. The molecule has 0 unspecified atom stereocenters. The number of carbonyl (C=O) groups excluding carboxylic acids is 1. The number of pyridine rings is 1. The van der Waals surface area contributed by atoms with Crippen LogP contribution in [-0.2, 0) is 6.54 Å². The minimum atomic E-state index is -0.284. The van der Waals surface area contributed by atoms with E-state index < -0.39 is 0 Å². The second kappa shape index (κ2) is 5.64. The van der Waals surface area contributed by atoms with E-state index >= 15 is 0 Å². The number of hydrazine groups is 1. The molecule has 1 amide bonds. The van der Waals surface area contributed by atoms with E-state index in [-0.39, 0.29) is 5.91 Å². The fourth-order valence-corrected chi connectivity index (χ4v) is 2.10. The maximum Gasteiger partial charge on any atom is 0.270 e. The normalized spacial score (nSPS) is 10.5. The molecule has 21 heavy (non-hydrogen) atoms. The number of benzene rings is 1. The average Bonchev–Trinajstić information content (AvgIpc) is 3.04. The van der Waals surface area contributed by atoms with Crippen molar-refractivity contribution in [2.75, 3.05) is 5.43 Å². The van der Waals surface area contributed by atoms with Gasteiger partial charge < -0.3 is 15.2 Å². The summed E-state index contributed by atoms with van der Waals surface area (Å²) in [5.74, 6) is 6.34. The average molecular weight is 282 g/mol. The van der Waals surface area contributed by atoms with Gasteiger partial charge in [-0.3, -0.25) is 4.79 Å². The standard InChI is InChI=1S/C15H14N4O2/c16-19-14-12-6-2-1-4-10(12)8-13(18-14)15(20)17-9-11-5-3-7-21-11/h1-8H,9,16H2,(H,17,20)(H,18,19). The number of anilines is 1. The zero-order chi connectivity index (χ0) is 14.7. The van der Waals surface area contributed by atoms with Crippen molar-refractivity contribution in [1.82, 2.24) is 10.3 Å². The van der Waals surface area contributed by atoms with Crippen LogP contribution in [0.1, 0.15) is 16.2 Å². The molecule has 2 aromatic heterocycles. The second-order valence-corrected chi connectivity index (χ2v) is 4.48. The molecule has 3 aromatic rings. The number of nitrogens with one attached hydrogen (secondary N) is 2. The molecule has 0 aliphatic rings. The van der Waals surface area contributed by atoms with Gasteiger partial charge in [0.25, 0.3) is 5.91 Å². The number of hydrogen-bond acceptors (Lipinski definition) is 5. The van der Waals surface area contributed by atoms with Crippen molar-refractivity contribution in [3.8, 4) is 0 Å². The first-order valence-electron chi connectivity index (χ1n) is 6.45. The van der Waals surface area contributed by atoms with E-state index in [0.717, 1.165) is 10.8 Å². The first-order chi connectivity index (χ1) is 10.3. The summed E-state index contributed by atoms with van der Waals surface area (Å²) < 4.78 is 5.17. The summed E-state index contributed by atoms with van der Waals surface area (Å²) in [7, 11) is 0. The minimum Gasteiger partial charge on any atom is -0.467 e. The maximum atomic E-state index is 12.2. The highest BCUT2D eigenvalue weighted by atomic mass is 16.3. The predicted molar refractivity (Wildman–Crippen MR) is 79.4 cm³/mol. The largest absolute Gasteiger partial charge is 0.467 e. The van der Waals surface area contributed by atoms with Crippen molar-refractivity contribution in [1.29, 1.82) is 0 Å². The Balaban J connectivity index is 1.87. The third kappa shape index (κ3) is 2.70. The first-order valence-corrected chi connectivity index (χ1v) is 6.45. The van der Waals surface area contributed by atoms with Crippen molar-refractivity contribution in [3.05, 3.63) is 60.2 Å². The molecule has 0 bridgehead atoms. The Kier molecular flexibility index (Phi) is 3.53. The number of hydrogen-bond donors (Lipinski definition) is 3. The van der Waals surface area contributed by atoms with Gasteiger partial charge in [0, 0.05) is 5.39 Å². The molecule has 6 heteroatoms. The number of fused-ring (bicyclic) bond motifs is 1. The summed E-state index contributed by atoms with van der Waals surface area (Å²) in [5, 5.41) is 4.51. The van der Waals surface area contributed by atoms with Crippen LogP contribution in [0.25, 0.3) is 10.8 Å². The Hall–Kier alpha value is -2.86. The number of nitrogen functional groups attached to an aromatic ring is 1. The Morgan fingerprint density at radius 2 is 2.10 bits per heavy atom. The van der Waals surface area contributed by atoms with E-state index in [1.807, 2.05) is 24.3 Å². The second-order valence-electron chi connectivity index (χ2n) is 4.48. The number of nitrogens with two attached hydrogens (primary N) is 1. The van der Waals surface area contributed by atoms with Crippen molar-refractivity contribution in [2.45, 2.75) is 6.54 Å². The Bertz CT molecular complexity index is 768. The molecule has 0 radical (unpaired) electrons. The number of nitrogens with zero attached hydrogens (tertiary/aromatic N) is 1. The van der Waals surface area contributed by atoms with Gasteiger partial charge >= 0.3 is 0 Å². The van der Waals surface area contributed by atoms with Gasteiger partial charge in [-0.05, 0) is 23.6 Å². The van der Waals surface area contributed by atoms with Crippen LogP contribution in [0.15, 0.2) is 53.1 Å². The van der Waals surface area contributed by atoms with E-state index in [2.05, 4.69) is 15.7 Å². The molecule has 0 aliphatic carbocycles. The molecule has 6 nitrogen and oxygen atoms in total. The van der Waals surface area contributed by atoms with Crippen LogP contribution in [0.4, 0.5) is 5.82 Å². The fourth-order valence-electron chi connectivity index (χ4n) is 2.10. The van der Waals surface area contributed by atoms with Crippen molar-refractivity contribution < 1.29 is 9.21 Å². The Labute approximate surface area is 120 Å². The number of amides is 1. The third-order valence-corrected chi connectivity index (χ3v) is 3.11. The number of furan rings is 1. The molecule has 0 atom stereocenters. The zero-order valence-corrected chi connectivity index (χ0v) is 11.2. The highest BCUT2D eigenvalue weighted by molar-refractivity contribution is 6.00. The number of rotatable bonds is 4. The summed E-state index contributed by atoms with van der Waals surface area (Å²) in [5.41, 5.74) is 2.82. The van der Waals surface area contributed by atoms with Crippen LogP contribution < -0.4 is 16.6 Å². The van der Waals surface area contributed by atoms with Gasteiger partial charge in [-0.25, -0.2) is 10.8 Å². The van der Waals surface area contributed by atoms with Crippen LogP contribution >= 0.6 is 0 Å². The summed E-state index contributed by atoms with van der Waals surface area (Å²) in [6.07, 6.45) is 1.56. The van der Waals surface area contributed by atoms with E-state index in [4.69, 9.17) is 10.3 Å². The van der Waals surface area contributed by atoms with Crippen LogP contribution in [0, 0.1) is 0 Å². The summed E-state index contributed by atoms with van der Waals surface area (Å²) in [6, 6.07) is 12.9. The fraction of sp³-hybridized carbons (Fsp3) is 0.0667. The van der Waals surface area contributed by atoms with Gasteiger partial charge in [0.1, 0.15) is 17.3 Å². The molecular weight excluding hydrogens is 268 g/mol. The molecular formula is C15H14N4O2. The number of carbonyl (C=O) groups is 1. The topological polar surface area (TPSA) is 93.2 Å². The van der Waals surface area contributed by atoms with E-state index in [1.165, 1.54) is 0 Å². The third-order valence-electron chi connectivity index (χ3n) is 3.11. The van der Waals surface area contributed by atoms with Gasteiger partial charge in [0.15, 0.2) is 0 Å². The van der Waals surface area contributed by atoms with Crippen molar-refractivity contribution in [2.24, 2.45) is 5.84 Å². The Morgan fingerprint density at radius 3 is 2.86 bits per heavy atom. The van der Waals surface area contributed by atoms with Gasteiger partial charge in [0.05, 0.1) is 12.8 Å². The quantitative estimate of drug-likeness (QED) is 0.503. The van der Waals surface area contributed by atoms with Crippen molar-refractivity contribution in [3.63, 3.8) is 0 Å². The van der Waals surface area contributed by atoms with Gasteiger partial charge in [-0.15, -0.1) is 0 Å². The smallest absolute Gasteiger partial charge is 0.270 e. The van der Waals surface area contributed by atoms with E-state index in [1.54, 1.807) is 24.5 Å². The lowest BCUT2D eigenvalue weighted by molar-refractivity contribution is 0.0943.